The number of nitrogens with zero attached hydrogens (tertiary/aromatic N) is 4. The number of aliphatic hydroxyl groups excluding tert-OH is 1. The zero-order valence-corrected chi connectivity index (χ0v) is 22.0. The third-order valence-electron chi connectivity index (χ3n) is 7.08. The standard InChI is InChI=1S/C28H31ClN6O3/c1-17-6-5-7-18(10-17)24(16-36)33-25(37)15-35-14-23-21(27(35)38)11-19(12-30-23)26-22(29)13-31-28(34-26)32-20-8-3-2-4-9-20/h5-7,10-13,20,24,36H,2-4,8-9,14-16H2,1H3,(H,33,37)(H,31,32,34)/t24-/m1/s1. The van der Waals surface area contributed by atoms with Crippen molar-refractivity contribution in [3.63, 3.8) is 0 Å². The highest BCUT2D eigenvalue weighted by Crippen LogP contribution is 2.31. The van der Waals surface area contributed by atoms with E-state index >= 15 is 0 Å². The van der Waals surface area contributed by atoms with Gasteiger partial charge in [0.25, 0.3) is 5.91 Å². The van der Waals surface area contributed by atoms with Crippen LogP contribution in [0.15, 0.2) is 42.7 Å². The van der Waals surface area contributed by atoms with E-state index in [9.17, 15) is 14.7 Å². The third kappa shape index (κ3) is 5.79. The van der Waals surface area contributed by atoms with Crippen molar-refractivity contribution in [2.45, 2.75) is 57.7 Å². The van der Waals surface area contributed by atoms with Gasteiger partial charge in [0, 0.05) is 17.8 Å². The molecule has 1 saturated carbocycles. The van der Waals surface area contributed by atoms with Crippen molar-refractivity contribution in [2.24, 2.45) is 0 Å². The van der Waals surface area contributed by atoms with Crippen LogP contribution in [0.5, 0.6) is 0 Å². The molecule has 3 aromatic rings. The van der Waals surface area contributed by atoms with Crippen molar-refractivity contribution in [2.75, 3.05) is 18.5 Å². The zero-order chi connectivity index (χ0) is 26.6. The minimum absolute atomic E-state index is 0.142. The monoisotopic (exact) mass is 534 g/mol. The molecule has 1 aromatic carbocycles. The van der Waals surface area contributed by atoms with Crippen LogP contribution in [0.4, 0.5) is 5.95 Å². The molecule has 9 nitrogen and oxygen atoms in total. The van der Waals surface area contributed by atoms with Crippen LogP contribution >= 0.6 is 11.6 Å². The number of nitrogens with one attached hydrogen (secondary N) is 2. The van der Waals surface area contributed by atoms with Crippen molar-refractivity contribution < 1.29 is 14.7 Å². The van der Waals surface area contributed by atoms with E-state index in [0.717, 1.165) is 24.0 Å². The van der Waals surface area contributed by atoms with E-state index in [0.29, 0.717) is 39.5 Å². The molecular formula is C28H31ClN6O3. The number of aromatic nitrogens is 3. The van der Waals surface area contributed by atoms with E-state index in [2.05, 4.69) is 25.6 Å². The number of halogens is 1. The Morgan fingerprint density at radius 2 is 2.00 bits per heavy atom. The lowest BCUT2D eigenvalue weighted by Gasteiger charge is -2.22. The van der Waals surface area contributed by atoms with Gasteiger partial charge in [0.2, 0.25) is 11.9 Å². The van der Waals surface area contributed by atoms with Crippen molar-refractivity contribution in [1.29, 1.82) is 0 Å². The topological polar surface area (TPSA) is 120 Å². The number of aryl methyl sites for hydroxylation is 1. The molecule has 0 unspecified atom stereocenters. The maximum atomic E-state index is 13.2. The van der Waals surface area contributed by atoms with Gasteiger partial charge in [-0.1, -0.05) is 60.7 Å². The second-order valence-electron chi connectivity index (χ2n) is 9.97. The maximum absolute atomic E-state index is 13.2. The number of aliphatic hydroxyl groups is 1. The quantitative estimate of drug-likeness (QED) is 0.398. The average Bonchev–Trinajstić information content (AvgIpc) is 3.23. The van der Waals surface area contributed by atoms with Gasteiger partial charge in [0.15, 0.2) is 0 Å². The predicted octanol–water partition coefficient (Wildman–Crippen LogP) is 4.05. The highest BCUT2D eigenvalue weighted by atomic mass is 35.5. The molecule has 0 spiro atoms. The van der Waals surface area contributed by atoms with Crippen LogP contribution in [0.25, 0.3) is 11.3 Å². The molecule has 0 bridgehead atoms. The van der Waals surface area contributed by atoms with Gasteiger partial charge in [-0.25, -0.2) is 9.97 Å². The Hall–Kier alpha value is -3.56. The fourth-order valence-electron chi connectivity index (χ4n) is 5.09. The van der Waals surface area contributed by atoms with Crippen molar-refractivity contribution in [3.8, 4) is 11.3 Å². The molecular weight excluding hydrogens is 504 g/mol. The number of anilines is 1. The van der Waals surface area contributed by atoms with Gasteiger partial charge in [-0.15, -0.1) is 0 Å². The van der Waals surface area contributed by atoms with Gasteiger partial charge in [0.1, 0.15) is 6.54 Å². The Kier molecular flexibility index (Phi) is 7.85. The van der Waals surface area contributed by atoms with Crippen molar-refractivity contribution in [3.05, 3.63) is 70.1 Å². The normalized spacial score (nSPS) is 16.3. The average molecular weight is 535 g/mol. The Labute approximate surface area is 226 Å². The smallest absolute Gasteiger partial charge is 0.256 e. The Morgan fingerprint density at radius 3 is 2.76 bits per heavy atom. The molecule has 1 fully saturated rings. The van der Waals surface area contributed by atoms with Gasteiger partial charge in [0.05, 0.1) is 47.4 Å². The Balaban J connectivity index is 1.28. The largest absolute Gasteiger partial charge is 0.394 e. The van der Waals surface area contributed by atoms with Gasteiger partial charge in [-0.2, -0.15) is 0 Å². The third-order valence-corrected chi connectivity index (χ3v) is 7.36. The first-order valence-electron chi connectivity index (χ1n) is 13.0. The van der Waals surface area contributed by atoms with Gasteiger partial charge in [-0.05, 0) is 31.4 Å². The molecule has 0 radical (unpaired) electrons. The summed E-state index contributed by atoms with van der Waals surface area (Å²) in [5.41, 5.74) is 3.97. The van der Waals surface area contributed by atoms with Crippen molar-refractivity contribution in [1.82, 2.24) is 25.2 Å². The summed E-state index contributed by atoms with van der Waals surface area (Å²) in [6.45, 7) is 1.79. The number of fused-ring (bicyclic) bond motifs is 1. The van der Waals surface area contributed by atoms with Crippen LogP contribution in [0, 0.1) is 6.92 Å². The van der Waals surface area contributed by atoms with E-state index in [1.807, 2.05) is 31.2 Å². The maximum Gasteiger partial charge on any atom is 0.256 e. The van der Waals surface area contributed by atoms with Crippen LogP contribution in [0.1, 0.15) is 65.3 Å². The van der Waals surface area contributed by atoms with E-state index in [1.54, 1.807) is 18.5 Å². The molecule has 10 heteroatoms. The highest BCUT2D eigenvalue weighted by Gasteiger charge is 2.31. The molecule has 2 aromatic heterocycles. The SMILES string of the molecule is Cc1cccc([C@@H](CO)NC(=O)CN2Cc3ncc(-c4nc(NC5CCCCC5)ncc4Cl)cc3C2=O)c1. The van der Waals surface area contributed by atoms with Crippen LogP contribution in [0.2, 0.25) is 5.02 Å². The van der Waals surface area contributed by atoms with Gasteiger partial charge in [-0.3, -0.25) is 14.6 Å². The molecule has 38 heavy (non-hydrogen) atoms. The molecule has 3 N–H and O–H groups in total. The summed E-state index contributed by atoms with van der Waals surface area (Å²) in [6.07, 6.45) is 9.02. The minimum Gasteiger partial charge on any atom is -0.394 e. The fraction of sp³-hybridized carbons (Fsp3) is 0.393. The molecule has 198 valence electrons. The number of benzene rings is 1. The molecule has 1 aliphatic heterocycles. The predicted molar refractivity (Wildman–Crippen MR) is 145 cm³/mol. The van der Waals surface area contributed by atoms with Gasteiger partial charge < -0.3 is 20.6 Å². The summed E-state index contributed by atoms with van der Waals surface area (Å²) < 4.78 is 0. The van der Waals surface area contributed by atoms with Crippen molar-refractivity contribution >= 4 is 29.4 Å². The second-order valence-corrected chi connectivity index (χ2v) is 10.4. The summed E-state index contributed by atoms with van der Waals surface area (Å²) >= 11 is 6.43. The summed E-state index contributed by atoms with van der Waals surface area (Å²) in [5.74, 6) is -0.135. The minimum atomic E-state index is -0.552. The molecule has 1 aliphatic carbocycles. The van der Waals surface area contributed by atoms with E-state index in [-0.39, 0.29) is 31.5 Å². The van der Waals surface area contributed by atoms with Crippen LogP contribution in [-0.4, -0.2) is 56.0 Å². The molecule has 1 atom stereocenters. The molecule has 2 amide bonds. The lowest BCUT2D eigenvalue weighted by molar-refractivity contribution is -0.122. The van der Waals surface area contributed by atoms with Crippen LogP contribution < -0.4 is 10.6 Å². The van der Waals surface area contributed by atoms with Gasteiger partial charge >= 0.3 is 0 Å². The summed E-state index contributed by atoms with van der Waals surface area (Å²) in [4.78, 5) is 40.9. The van der Waals surface area contributed by atoms with Crippen LogP contribution in [0.3, 0.4) is 0 Å². The molecule has 0 saturated heterocycles. The number of carbonyl (C=O) groups excluding carboxylic acids is 2. The lowest BCUT2D eigenvalue weighted by Crippen LogP contribution is -2.40. The fourth-order valence-corrected chi connectivity index (χ4v) is 5.29. The number of hydrogen-bond acceptors (Lipinski definition) is 7. The number of amides is 2. The van der Waals surface area contributed by atoms with E-state index < -0.39 is 6.04 Å². The first kappa shape index (κ1) is 26.1. The number of hydrogen-bond donors (Lipinski definition) is 3. The zero-order valence-electron chi connectivity index (χ0n) is 21.3. The number of carbonyl (C=O) groups is 2. The first-order chi connectivity index (χ1) is 18.4. The number of rotatable bonds is 8. The van der Waals surface area contributed by atoms with E-state index in [1.165, 1.54) is 24.2 Å². The first-order valence-corrected chi connectivity index (χ1v) is 13.3. The molecule has 2 aliphatic rings. The molecule has 5 rings (SSSR count). The Bertz CT molecular complexity index is 1340. The summed E-state index contributed by atoms with van der Waals surface area (Å²) in [7, 11) is 0. The number of pyridine rings is 1. The van der Waals surface area contributed by atoms with Crippen LogP contribution in [-0.2, 0) is 11.3 Å². The van der Waals surface area contributed by atoms with E-state index in [4.69, 9.17) is 11.6 Å². The molecule has 3 heterocycles. The second kappa shape index (κ2) is 11.4. The summed E-state index contributed by atoms with van der Waals surface area (Å²) in [6, 6.07) is 9.11. The lowest BCUT2D eigenvalue weighted by atomic mass is 9.96. The summed E-state index contributed by atoms with van der Waals surface area (Å²) in [5, 5.41) is 16.4. The highest BCUT2D eigenvalue weighted by molar-refractivity contribution is 6.32. The Morgan fingerprint density at radius 1 is 1.18 bits per heavy atom.